The molecule has 0 aliphatic carbocycles. The zero-order valence-corrected chi connectivity index (χ0v) is 13.6. The molecule has 0 saturated carbocycles. The lowest BCUT2D eigenvalue weighted by molar-refractivity contribution is 0.0287. The van der Waals surface area contributed by atoms with Crippen LogP contribution in [0.25, 0.3) is 10.2 Å². The predicted molar refractivity (Wildman–Crippen MR) is 84.1 cm³/mol. The van der Waals surface area contributed by atoms with E-state index in [1.54, 1.807) is 25.6 Å². The number of aromatic amines is 1. The lowest BCUT2D eigenvalue weighted by Crippen LogP contribution is -2.32. The number of aryl methyl sites for hydroxylation is 2. The van der Waals surface area contributed by atoms with Gasteiger partial charge in [0.1, 0.15) is 10.7 Å². The largest absolute Gasteiger partial charge is 0.382 e. The van der Waals surface area contributed by atoms with Gasteiger partial charge in [0.2, 0.25) is 0 Å². The highest BCUT2D eigenvalue weighted by atomic mass is 32.1. The van der Waals surface area contributed by atoms with E-state index in [0.717, 1.165) is 15.3 Å². The van der Waals surface area contributed by atoms with E-state index in [9.17, 15) is 4.79 Å². The van der Waals surface area contributed by atoms with Crippen molar-refractivity contribution in [3.63, 3.8) is 0 Å². The second-order valence-corrected chi connectivity index (χ2v) is 6.12. The van der Waals surface area contributed by atoms with Crippen LogP contribution < -0.4 is 10.9 Å². The summed E-state index contributed by atoms with van der Waals surface area (Å²) in [5.74, 6) is 0.640. The van der Waals surface area contributed by atoms with Gasteiger partial charge in [-0.25, -0.2) is 4.98 Å². The summed E-state index contributed by atoms with van der Waals surface area (Å²) in [5.41, 5.74) is 0.946. The van der Waals surface area contributed by atoms with E-state index in [1.165, 1.54) is 0 Å². The molecule has 7 heteroatoms. The number of nitrogens with zero attached hydrogens (tertiary/aromatic N) is 1. The number of aromatic nitrogens is 2. The van der Waals surface area contributed by atoms with Gasteiger partial charge < -0.3 is 19.8 Å². The van der Waals surface area contributed by atoms with Crippen LogP contribution in [0.2, 0.25) is 0 Å². The van der Waals surface area contributed by atoms with Crippen molar-refractivity contribution in [3.05, 3.63) is 26.6 Å². The molecule has 2 N–H and O–H groups in total. The lowest BCUT2D eigenvalue weighted by atomic mass is 10.2. The van der Waals surface area contributed by atoms with Crippen molar-refractivity contribution in [2.45, 2.75) is 26.5 Å². The molecule has 0 aliphatic rings. The second-order valence-electron chi connectivity index (χ2n) is 4.92. The summed E-state index contributed by atoms with van der Waals surface area (Å²) < 4.78 is 10.3. The fraction of sp³-hybridized carbons (Fsp3) is 0.571. The zero-order chi connectivity index (χ0) is 15.4. The third-order valence-corrected chi connectivity index (χ3v) is 4.54. The Bertz CT molecular complexity index is 665. The highest BCUT2D eigenvalue weighted by Gasteiger charge is 2.12. The number of hydrogen-bond acceptors (Lipinski definition) is 6. The highest BCUT2D eigenvalue weighted by Crippen LogP contribution is 2.25. The molecule has 0 saturated heterocycles. The number of hydrogen-bond donors (Lipinski definition) is 2. The maximum atomic E-state index is 12.1. The normalized spacial score (nSPS) is 13.0. The fourth-order valence-corrected chi connectivity index (χ4v) is 3.18. The van der Waals surface area contributed by atoms with Crippen LogP contribution >= 0.6 is 11.3 Å². The minimum absolute atomic E-state index is 0.0170. The first-order valence-electron chi connectivity index (χ1n) is 6.78. The van der Waals surface area contributed by atoms with Crippen molar-refractivity contribution < 1.29 is 9.47 Å². The first kappa shape index (κ1) is 16.1. The molecule has 1 atom stereocenters. The van der Waals surface area contributed by atoms with Gasteiger partial charge in [-0.2, -0.15) is 0 Å². The second kappa shape index (κ2) is 7.13. The lowest BCUT2D eigenvalue weighted by Gasteiger charge is -2.14. The molecule has 0 aromatic carbocycles. The minimum atomic E-state index is -0.0705. The Labute approximate surface area is 127 Å². The fourth-order valence-electron chi connectivity index (χ4n) is 2.13. The summed E-state index contributed by atoms with van der Waals surface area (Å²) in [5, 5.41) is 3.92. The predicted octanol–water partition coefficient (Wildman–Crippen LogP) is 1.35. The van der Waals surface area contributed by atoms with Gasteiger partial charge in [-0.1, -0.05) is 0 Å². The van der Waals surface area contributed by atoms with Gasteiger partial charge in [0.05, 0.1) is 24.6 Å². The average molecular weight is 311 g/mol. The molecule has 0 spiro atoms. The van der Waals surface area contributed by atoms with E-state index < -0.39 is 0 Å². The van der Waals surface area contributed by atoms with E-state index in [2.05, 4.69) is 15.3 Å². The summed E-state index contributed by atoms with van der Waals surface area (Å²) in [6.45, 7) is 5.61. The molecular weight excluding hydrogens is 290 g/mol. The van der Waals surface area contributed by atoms with Crippen molar-refractivity contribution in [2.75, 3.05) is 27.4 Å². The Kier molecular flexibility index (Phi) is 5.46. The van der Waals surface area contributed by atoms with Gasteiger partial charge in [0.25, 0.3) is 5.56 Å². The Morgan fingerprint density at radius 3 is 2.81 bits per heavy atom. The maximum absolute atomic E-state index is 12.1. The molecule has 2 aromatic rings. The Morgan fingerprint density at radius 2 is 2.14 bits per heavy atom. The number of methoxy groups -OCH3 is 2. The number of H-pyrrole nitrogens is 1. The Hall–Kier alpha value is -1.28. The van der Waals surface area contributed by atoms with Crippen LogP contribution in [0.1, 0.15) is 16.3 Å². The zero-order valence-electron chi connectivity index (χ0n) is 12.8. The molecule has 116 valence electrons. The minimum Gasteiger partial charge on any atom is -0.382 e. The number of rotatable bonds is 7. The molecule has 2 heterocycles. The van der Waals surface area contributed by atoms with Crippen LogP contribution in [0, 0.1) is 13.8 Å². The third kappa shape index (κ3) is 3.68. The summed E-state index contributed by atoms with van der Waals surface area (Å²) in [6, 6.07) is 0. The number of thiophene rings is 1. The SMILES string of the molecule is COCC(CNCc1nc2sc(C)c(C)c2c(=O)[nH]1)OC. The van der Waals surface area contributed by atoms with E-state index in [-0.39, 0.29) is 11.7 Å². The Balaban J connectivity index is 2.08. The molecule has 6 nitrogen and oxygen atoms in total. The molecule has 21 heavy (non-hydrogen) atoms. The van der Waals surface area contributed by atoms with Crippen LogP contribution in [-0.4, -0.2) is 43.4 Å². The van der Waals surface area contributed by atoms with Crippen LogP contribution in [0.15, 0.2) is 4.79 Å². The summed E-state index contributed by atoms with van der Waals surface area (Å²) >= 11 is 1.56. The summed E-state index contributed by atoms with van der Waals surface area (Å²) in [7, 11) is 3.29. The molecule has 0 radical (unpaired) electrons. The van der Waals surface area contributed by atoms with Crippen molar-refractivity contribution in [3.8, 4) is 0 Å². The molecule has 0 aliphatic heterocycles. The van der Waals surface area contributed by atoms with Crippen LogP contribution in [0.3, 0.4) is 0 Å². The van der Waals surface area contributed by atoms with Gasteiger partial charge in [-0.15, -0.1) is 11.3 Å². The molecule has 0 fully saturated rings. The third-order valence-electron chi connectivity index (χ3n) is 3.44. The van der Waals surface area contributed by atoms with Crippen LogP contribution in [0.4, 0.5) is 0 Å². The van der Waals surface area contributed by atoms with Gasteiger partial charge in [0.15, 0.2) is 0 Å². The van der Waals surface area contributed by atoms with Gasteiger partial charge in [-0.05, 0) is 19.4 Å². The van der Waals surface area contributed by atoms with Crippen LogP contribution in [0.5, 0.6) is 0 Å². The molecule has 0 bridgehead atoms. The van der Waals surface area contributed by atoms with Crippen molar-refractivity contribution in [1.82, 2.24) is 15.3 Å². The van der Waals surface area contributed by atoms with Gasteiger partial charge >= 0.3 is 0 Å². The number of ether oxygens (including phenoxy) is 2. The monoisotopic (exact) mass is 311 g/mol. The van der Waals surface area contributed by atoms with E-state index in [1.807, 2.05) is 13.8 Å². The van der Waals surface area contributed by atoms with Crippen molar-refractivity contribution in [2.24, 2.45) is 0 Å². The summed E-state index contributed by atoms with van der Waals surface area (Å²) in [4.78, 5) is 21.4. The first-order chi connectivity index (χ1) is 10.1. The van der Waals surface area contributed by atoms with Crippen LogP contribution in [-0.2, 0) is 16.0 Å². The molecular formula is C14H21N3O3S. The molecule has 1 unspecified atom stereocenters. The van der Waals surface area contributed by atoms with E-state index in [4.69, 9.17) is 9.47 Å². The standard InChI is InChI=1S/C14H21N3O3S/c1-8-9(2)21-14-12(8)13(18)16-11(17-14)6-15-5-10(20-4)7-19-3/h10,15H,5-7H2,1-4H3,(H,16,17,18). The summed E-state index contributed by atoms with van der Waals surface area (Å²) in [6.07, 6.45) is -0.0170. The topological polar surface area (TPSA) is 76.2 Å². The molecule has 0 amide bonds. The van der Waals surface area contributed by atoms with Crippen molar-refractivity contribution >= 4 is 21.6 Å². The number of nitrogens with one attached hydrogen (secondary N) is 2. The van der Waals surface area contributed by atoms with Gasteiger partial charge in [0, 0.05) is 25.6 Å². The maximum Gasteiger partial charge on any atom is 0.259 e. The van der Waals surface area contributed by atoms with E-state index >= 15 is 0 Å². The Morgan fingerprint density at radius 1 is 1.38 bits per heavy atom. The van der Waals surface area contributed by atoms with E-state index in [0.29, 0.717) is 30.9 Å². The molecule has 2 rings (SSSR count). The average Bonchev–Trinajstić information content (AvgIpc) is 2.73. The van der Waals surface area contributed by atoms with Gasteiger partial charge in [-0.3, -0.25) is 4.79 Å². The highest BCUT2D eigenvalue weighted by molar-refractivity contribution is 7.18. The smallest absolute Gasteiger partial charge is 0.259 e. The quantitative estimate of drug-likeness (QED) is 0.807. The van der Waals surface area contributed by atoms with Crippen molar-refractivity contribution in [1.29, 1.82) is 0 Å². The number of fused-ring (bicyclic) bond motifs is 1. The first-order valence-corrected chi connectivity index (χ1v) is 7.59. The molecule has 2 aromatic heterocycles.